The molecule has 0 radical (unpaired) electrons. The molecule has 1 fully saturated rings. The molecule has 0 saturated carbocycles. The number of nitrogens with zero attached hydrogens (tertiary/aromatic N) is 5. The van der Waals surface area contributed by atoms with E-state index in [1.54, 1.807) is 4.90 Å². The molecule has 2 aromatic rings. The van der Waals surface area contributed by atoms with Crippen molar-refractivity contribution >= 4 is 6.09 Å². The number of carbonyl (C=O) groups excluding carboxylic acids is 1. The predicted molar refractivity (Wildman–Crippen MR) is 92.8 cm³/mol. The average Bonchev–Trinajstić information content (AvgIpc) is 2.61. The fraction of sp³-hybridized carbons (Fsp3) is 0.500. The highest BCUT2D eigenvalue weighted by atomic mass is 16.6. The summed E-state index contributed by atoms with van der Waals surface area (Å²) in [5.41, 5.74) is 0.383. The fourth-order valence-electron chi connectivity index (χ4n) is 2.78. The van der Waals surface area contributed by atoms with Crippen LogP contribution in [0, 0.1) is 0 Å². The molecule has 25 heavy (non-hydrogen) atoms. The maximum Gasteiger partial charge on any atom is 0.410 e. The molecule has 3 rings (SSSR count). The van der Waals surface area contributed by atoms with E-state index >= 15 is 0 Å². The molecule has 7 heteroatoms. The Morgan fingerprint density at radius 2 is 1.80 bits per heavy atom. The van der Waals surface area contributed by atoms with Gasteiger partial charge in [-0.2, -0.15) is 0 Å². The third-order valence-electron chi connectivity index (χ3n) is 3.96. The summed E-state index contributed by atoms with van der Waals surface area (Å²) in [6, 6.07) is 9.62. The number of amides is 1. The summed E-state index contributed by atoms with van der Waals surface area (Å²) < 4.78 is 5.45. The van der Waals surface area contributed by atoms with Gasteiger partial charge in [-0.1, -0.05) is 30.3 Å². The van der Waals surface area contributed by atoms with E-state index in [4.69, 9.17) is 4.74 Å². The molecule has 1 aliphatic rings. The molecule has 1 unspecified atom stereocenters. The zero-order valence-corrected chi connectivity index (χ0v) is 14.8. The Labute approximate surface area is 147 Å². The van der Waals surface area contributed by atoms with Crippen molar-refractivity contribution in [2.75, 3.05) is 13.1 Å². The smallest absolute Gasteiger partial charge is 0.410 e. The first-order valence-corrected chi connectivity index (χ1v) is 8.53. The van der Waals surface area contributed by atoms with Crippen LogP contribution in [0.3, 0.4) is 0 Å². The third-order valence-corrected chi connectivity index (χ3v) is 3.96. The summed E-state index contributed by atoms with van der Waals surface area (Å²) in [7, 11) is 0. The topological polar surface area (TPSA) is 81.1 Å². The van der Waals surface area contributed by atoms with E-state index in [-0.39, 0.29) is 12.0 Å². The van der Waals surface area contributed by atoms with Gasteiger partial charge in [0, 0.05) is 24.6 Å². The number of carbonyl (C=O) groups is 1. The number of hydrogen-bond acceptors (Lipinski definition) is 6. The molecule has 7 nitrogen and oxygen atoms in total. The van der Waals surface area contributed by atoms with Crippen molar-refractivity contribution in [1.29, 1.82) is 0 Å². The van der Waals surface area contributed by atoms with Crippen LogP contribution in [-0.4, -0.2) is 50.1 Å². The standard InChI is InChI=1S/C18H23N5O2/c1-18(2,3)25-17(24)23-11-7-10-14(12-23)16-21-19-15(20-22-16)13-8-5-4-6-9-13/h4-6,8-9,14H,7,10-12H2,1-3H3. The van der Waals surface area contributed by atoms with Crippen LogP contribution in [-0.2, 0) is 4.74 Å². The lowest BCUT2D eigenvalue weighted by atomic mass is 9.98. The number of ether oxygens (including phenoxy) is 1. The van der Waals surface area contributed by atoms with Gasteiger partial charge in [-0.25, -0.2) is 4.79 Å². The number of benzene rings is 1. The molecule has 0 bridgehead atoms. The third kappa shape index (κ3) is 4.49. The Bertz CT molecular complexity index is 712. The van der Waals surface area contributed by atoms with Gasteiger partial charge in [0.05, 0.1) is 0 Å². The molecule has 0 N–H and O–H groups in total. The summed E-state index contributed by atoms with van der Waals surface area (Å²) in [5, 5.41) is 16.9. The van der Waals surface area contributed by atoms with Crippen LogP contribution in [0.4, 0.5) is 4.79 Å². The second-order valence-electron chi connectivity index (χ2n) is 7.21. The molecule has 1 aliphatic heterocycles. The van der Waals surface area contributed by atoms with E-state index in [9.17, 15) is 4.79 Å². The summed E-state index contributed by atoms with van der Waals surface area (Å²) in [5.74, 6) is 1.11. The number of aromatic nitrogens is 4. The average molecular weight is 341 g/mol. The van der Waals surface area contributed by atoms with Crippen LogP contribution in [0.25, 0.3) is 11.4 Å². The van der Waals surface area contributed by atoms with Gasteiger partial charge in [0.1, 0.15) is 5.60 Å². The molecule has 132 valence electrons. The van der Waals surface area contributed by atoms with Gasteiger partial charge in [0.25, 0.3) is 0 Å². The SMILES string of the molecule is CC(C)(C)OC(=O)N1CCCC(c2nnc(-c3ccccc3)nn2)C1. The van der Waals surface area contributed by atoms with Gasteiger partial charge in [0.15, 0.2) is 5.82 Å². The van der Waals surface area contributed by atoms with Gasteiger partial charge < -0.3 is 9.64 Å². The maximum absolute atomic E-state index is 12.3. The molecular formula is C18H23N5O2. The summed E-state index contributed by atoms with van der Waals surface area (Å²) in [6.07, 6.45) is 1.50. The second-order valence-corrected chi connectivity index (χ2v) is 7.21. The minimum atomic E-state index is -0.499. The van der Waals surface area contributed by atoms with Crippen molar-refractivity contribution in [3.8, 4) is 11.4 Å². The van der Waals surface area contributed by atoms with Crippen LogP contribution < -0.4 is 0 Å². The van der Waals surface area contributed by atoms with Gasteiger partial charge >= 0.3 is 6.09 Å². The predicted octanol–water partition coefficient (Wildman–Crippen LogP) is 3.05. The van der Waals surface area contributed by atoms with Gasteiger partial charge in [-0.15, -0.1) is 20.4 Å². The zero-order chi connectivity index (χ0) is 17.9. The van der Waals surface area contributed by atoms with E-state index in [1.165, 1.54) is 0 Å². The first-order valence-electron chi connectivity index (χ1n) is 8.53. The van der Waals surface area contributed by atoms with Gasteiger partial charge in [-0.3, -0.25) is 0 Å². The summed E-state index contributed by atoms with van der Waals surface area (Å²) in [6.45, 7) is 6.82. The van der Waals surface area contributed by atoms with Gasteiger partial charge in [-0.05, 0) is 33.6 Å². The second kappa shape index (κ2) is 7.13. The van der Waals surface area contributed by atoms with Crippen LogP contribution in [0.5, 0.6) is 0 Å². The Balaban J connectivity index is 1.68. The van der Waals surface area contributed by atoms with E-state index in [2.05, 4.69) is 20.4 Å². The van der Waals surface area contributed by atoms with Crippen molar-refractivity contribution in [3.05, 3.63) is 36.2 Å². The van der Waals surface area contributed by atoms with E-state index in [0.717, 1.165) is 18.4 Å². The molecule has 1 atom stereocenters. The summed E-state index contributed by atoms with van der Waals surface area (Å²) in [4.78, 5) is 14.0. The highest BCUT2D eigenvalue weighted by Gasteiger charge is 2.30. The highest BCUT2D eigenvalue weighted by Crippen LogP contribution is 2.25. The van der Waals surface area contributed by atoms with Crippen molar-refractivity contribution in [1.82, 2.24) is 25.3 Å². The minimum Gasteiger partial charge on any atom is -0.444 e. The maximum atomic E-state index is 12.3. The van der Waals surface area contributed by atoms with Crippen molar-refractivity contribution in [3.63, 3.8) is 0 Å². The number of hydrogen-bond donors (Lipinski definition) is 0. The van der Waals surface area contributed by atoms with Crippen LogP contribution in [0.2, 0.25) is 0 Å². The molecular weight excluding hydrogens is 318 g/mol. The molecule has 1 aromatic heterocycles. The Kier molecular flexibility index (Phi) is 4.92. The summed E-state index contributed by atoms with van der Waals surface area (Å²) >= 11 is 0. The molecule has 0 aliphatic carbocycles. The lowest BCUT2D eigenvalue weighted by Gasteiger charge is -2.33. The largest absolute Gasteiger partial charge is 0.444 e. The molecule has 0 spiro atoms. The minimum absolute atomic E-state index is 0.0334. The zero-order valence-electron chi connectivity index (χ0n) is 14.8. The lowest BCUT2D eigenvalue weighted by molar-refractivity contribution is 0.0195. The van der Waals surface area contributed by atoms with E-state index in [0.29, 0.717) is 24.7 Å². The molecule has 1 saturated heterocycles. The van der Waals surface area contributed by atoms with Gasteiger partial charge in [0.2, 0.25) is 5.82 Å². The number of likely N-dealkylation sites (tertiary alicyclic amines) is 1. The monoisotopic (exact) mass is 341 g/mol. The first-order chi connectivity index (χ1) is 11.9. The Hall–Kier alpha value is -2.57. The van der Waals surface area contributed by atoms with Crippen molar-refractivity contribution in [2.24, 2.45) is 0 Å². The number of rotatable bonds is 2. The normalized spacial score (nSPS) is 18.0. The van der Waals surface area contributed by atoms with Crippen LogP contribution in [0.1, 0.15) is 45.4 Å². The fourth-order valence-corrected chi connectivity index (χ4v) is 2.78. The lowest BCUT2D eigenvalue weighted by Crippen LogP contribution is -2.42. The van der Waals surface area contributed by atoms with Crippen LogP contribution >= 0.6 is 0 Å². The van der Waals surface area contributed by atoms with E-state index < -0.39 is 5.60 Å². The Morgan fingerprint density at radius 3 is 2.44 bits per heavy atom. The highest BCUT2D eigenvalue weighted by molar-refractivity contribution is 5.68. The first kappa shape index (κ1) is 17.3. The molecule has 2 heterocycles. The Morgan fingerprint density at radius 1 is 1.12 bits per heavy atom. The number of piperidine rings is 1. The van der Waals surface area contributed by atoms with Crippen LogP contribution in [0.15, 0.2) is 30.3 Å². The van der Waals surface area contributed by atoms with Crippen molar-refractivity contribution in [2.45, 2.75) is 45.1 Å². The molecule has 1 aromatic carbocycles. The van der Waals surface area contributed by atoms with E-state index in [1.807, 2.05) is 51.1 Å². The van der Waals surface area contributed by atoms with Crippen molar-refractivity contribution < 1.29 is 9.53 Å². The molecule has 1 amide bonds. The quantitative estimate of drug-likeness (QED) is 0.835.